The molecule has 0 saturated carbocycles. The fourth-order valence-corrected chi connectivity index (χ4v) is 4.09. The molecule has 0 atom stereocenters. The first-order chi connectivity index (χ1) is 15.1. The fourth-order valence-electron chi connectivity index (χ4n) is 3.28. The maximum Gasteiger partial charge on any atom is 0.318 e. The Hall–Kier alpha value is -3.84. The molecule has 31 heavy (non-hydrogen) atoms. The van der Waals surface area contributed by atoms with Gasteiger partial charge >= 0.3 is 6.03 Å². The number of nitrogens with two attached hydrogens (primary N) is 1. The normalized spacial score (nSPS) is 10.6. The van der Waals surface area contributed by atoms with Gasteiger partial charge in [-0.25, -0.2) is 9.78 Å². The number of hydrogen-bond donors (Lipinski definition) is 2. The zero-order chi connectivity index (χ0) is 21.6. The van der Waals surface area contributed by atoms with E-state index in [1.807, 2.05) is 95.6 Å². The number of nitrogens with zero attached hydrogens (tertiary/aromatic N) is 2. The quantitative estimate of drug-likeness (QED) is 0.443. The van der Waals surface area contributed by atoms with Gasteiger partial charge < -0.3 is 5.73 Å². The molecule has 0 aliphatic heterocycles. The number of aromatic nitrogens is 2. The number of nitrogens with one attached hydrogen (secondary N) is 1. The van der Waals surface area contributed by atoms with Crippen molar-refractivity contribution in [3.05, 3.63) is 91.0 Å². The number of imidazole rings is 1. The van der Waals surface area contributed by atoms with Gasteiger partial charge in [-0.15, -0.1) is 0 Å². The van der Waals surface area contributed by atoms with Gasteiger partial charge in [-0.2, -0.15) is 0 Å². The van der Waals surface area contributed by atoms with Gasteiger partial charge in [0.1, 0.15) is 0 Å². The summed E-state index contributed by atoms with van der Waals surface area (Å²) in [5, 5.41) is 2.74. The summed E-state index contributed by atoms with van der Waals surface area (Å²) in [6, 6.07) is 28.9. The van der Waals surface area contributed by atoms with Crippen molar-refractivity contribution in [3.8, 4) is 28.2 Å². The second-order valence-electron chi connectivity index (χ2n) is 6.70. The highest BCUT2D eigenvalue weighted by Gasteiger charge is 2.22. The van der Waals surface area contributed by atoms with Gasteiger partial charge in [-0.1, -0.05) is 90.6 Å². The first-order valence-electron chi connectivity index (χ1n) is 9.64. The molecule has 0 saturated heterocycles. The highest BCUT2D eigenvalue weighted by Crippen LogP contribution is 2.38. The Balaban J connectivity index is 1.89. The van der Waals surface area contributed by atoms with Crippen molar-refractivity contribution in [2.75, 3.05) is 5.75 Å². The number of rotatable bonds is 6. The standard InChI is InChI=1S/C24H20N4O2S/c25-23(30)26-20(29)16-31-24-27-21(17-10-4-1-5-11-17)22(18-12-6-2-7-13-18)28(24)19-14-8-3-9-15-19/h1-15H,16H2,(H3,25,26,29,30). The number of primary amides is 1. The van der Waals surface area contributed by atoms with Gasteiger partial charge in [0.05, 0.1) is 17.1 Å². The molecule has 1 aromatic heterocycles. The van der Waals surface area contributed by atoms with Crippen LogP contribution in [-0.4, -0.2) is 27.2 Å². The van der Waals surface area contributed by atoms with E-state index in [2.05, 4.69) is 5.32 Å². The molecule has 7 heteroatoms. The molecule has 0 unspecified atom stereocenters. The molecule has 3 aromatic carbocycles. The van der Waals surface area contributed by atoms with Crippen molar-refractivity contribution in [1.82, 2.24) is 14.9 Å². The molecule has 0 spiro atoms. The Morgan fingerprint density at radius 3 is 1.97 bits per heavy atom. The van der Waals surface area contributed by atoms with Crippen LogP contribution in [0.15, 0.2) is 96.2 Å². The monoisotopic (exact) mass is 428 g/mol. The Labute approximate surface area is 184 Å². The maximum absolute atomic E-state index is 12.0. The minimum atomic E-state index is -0.869. The molecule has 3 N–H and O–H groups in total. The summed E-state index contributed by atoms with van der Waals surface area (Å²) in [6.45, 7) is 0. The zero-order valence-electron chi connectivity index (χ0n) is 16.6. The molecule has 6 nitrogen and oxygen atoms in total. The van der Waals surface area contributed by atoms with Gasteiger partial charge in [0.15, 0.2) is 5.16 Å². The zero-order valence-corrected chi connectivity index (χ0v) is 17.4. The van der Waals surface area contributed by atoms with E-state index in [0.717, 1.165) is 28.2 Å². The van der Waals surface area contributed by atoms with Crippen LogP contribution in [0.1, 0.15) is 0 Å². The molecule has 0 fully saturated rings. The third kappa shape index (κ3) is 4.67. The lowest BCUT2D eigenvalue weighted by atomic mass is 10.0. The molecule has 0 aliphatic carbocycles. The average Bonchev–Trinajstić information content (AvgIpc) is 3.18. The third-order valence-electron chi connectivity index (χ3n) is 4.55. The topological polar surface area (TPSA) is 90.0 Å². The summed E-state index contributed by atoms with van der Waals surface area (Å²) < 4.78 is 2.04. The molecule has 4 aromatic rings. The predicted molar refractivity (Wildman–Crippen MR) is 123 cm³/mol. The van der Waals surface area contributed by atoms with Gasteiger partial charge in [-0.3, -0.25) is 14.7 Å². The van der Waals surface area contributed by atoms with Gasteiger partial charge in [-0.05, 0) is 12.1 Å². The molecule has 154 valence electrons. The molecule has 0 radical (unpaired) electrons. The number of thioether (sulfide) groups is 1. The fraction of sp³-hybridized carbons (Fsp3) is 0.0417. The lowest BCUT2D eigenvalue weighted by Crippen LogP contribution is -2.36. The number of carbonyl (C=O) groups is 2. The van der Waals surface area contributed by atoms with Crippen molar-refractivity contribution in [1.29, 1.82) is 0 Å². The number of benzene rings is 3. The van der Waals surface area contributed by atoms with Crippen molar-refractivity contribution >= 4 is 23.7 Å². The number of urea groups is 1. The van der Waals surface area contributed by atoms with Crippen LogP contribution >= 0.6 is 11.8 Å². The van der Waals surface area contributed by atoms with E-state index in [-0.39, 0.29) is 5.75 Å². The largest absolute Gasteiger partial charge is 0.351 e. The molecule has 4 rings (SSSR count). The average molecular weight is 429 g/mol. The smallest absolute Gasteiger partial charge is 0.318 e. The summed E-state index contributed by atoms with van der Waals surface area (Å²) >= 11 is 1.25. The maximum atomic E-state index is 12.0. The van der Waals surface area contributed by atoms with Crippen molar-refractivity contribution < 1.29 is 9.59 Å². The Bertz CT molecular complexity index is 1190. The summed E-state index contributed by atoms with van der Waals surface area (Å²) in [6.07, 6.45) is 0. The SMILES string of the molecule is NC(=O)NC(=O)CSc1nc(-c2ccccc2)c(-c2ccccc2)n1-c1ccccc1. The molecule has 0 aliphatic rings. The van der Waals surface area contributed by atoms with E-state index in [9.17, 15) is 9.59 Å². The number of amides is 3. The molecule has 0 bridgehead atoms. The molecular weight excluding hydrogens is 408 g/mol. The van der Waals surface area contributed by atoms with Gasteiger partial charge in [0.25, 0.3) is 0 Å². The summed E-state index contributed by atoms with van der Waals surface area (Å²) in [7, 11) is 0. The summed E-state index contributed by atoms with van der Waals surface area (Å²) in [5.74, 6) is -0.461. The van der Waals surface area contributed by atoms with Crippen LogP contribution in [0.3, 0.4) is 0 Å². The van der Waals surface area contributed by atoms with E-state index in [1.165, 1.54) is 11.8 Å². The van der Waals surface area contributed by atoms with Crippen molar-refractivity contribution in [2.24, 2.45) is 5.73 Å². The van der Waals surface area contributed by atoms with Crippen molar-refractivity contribution in [3.63, 3.8) is 0 Å². The Kier molecular flexibility index (Phi) is 6.14. The van der Waals surface area contributed by atoms with Crippen LogP contribution in [0.25, 0.3) is 28.2 Å². The minimum absolute atomic E-state index is 0.00917. The number of imide groups is 1. The predicted octanol–water partition coefficient (Wildman–Crippen LogP) is 4.49. The Morgan fingerprint density at radius 2 is 1.39 bits per heavy atom. The van der Waals surface area contributed by atoms with Crippen LogP contribution in [0, 0.1) is 0 Å². The van der Waals surface area contributed by atoms with Crippen LogP contribution in [-0.2, 0) is 4.79 Å². The van der Waals surface area contributed by atoms with E-state index in [1.54, 1.807) is 0 Å². The molecule has 1 heterocycles. The van der Waals surface area contributed by atoms with Crippen molar-refractivity contribution in [2.45, 2.75) is 5.16 Å². The molecular formula is C24H20N4O2S. The van der Waals surface area contributed by atoms with E-state index in [0.29, 0.717) is 5.16 Å². The number of hydrogen-bond acceptors (Lipinski definition) is 4. The Morgan fingerprint density at radius 1 is 0.839 bits per heavy atom. The summed E-state index contributed by atoms with van der Waals surface area (Å²) in [5.41, 5.74) is 9.70. The van der Waals surface area contributed by atoms with Crippen LogP contribution in [0.5, 0.6) is 0 Å². The van der Waals surface area contributed by atoms with Crippen LogP contribution < -0.4 is 11.1 Å². The van der Waals surface area contributed by atoms with E-state index in [4.69, 9.17) is 10.7 Å². The third-order valence-corrected chi connectivity index (χ3v) is 5.49. The van der Waals surface area contributed by atoms with Crippen LogP contribution in [0.2, 0.25) is 0 Å². The molecule has 3 amide bonds. The lowest BCUT2D eigenvalue weighted by Gasteiger charge is -2.13. The van der Waals surface area contributed by atoms with E-state index >= 15 is 0 Å². The van der Waals surface area contributed by atoms with Crippen LogP contribution in [0.4, 0.5) is 4.79 Å². The summed E-state index contributed by atoms with van der Waals surface area (Å²) in [4.78, 5) is 27.9. The van der Waals surface area contributed by atoms with E-state index < -0.39 is 11.9 Å². The second-order valence-corrected chi connectivity index (χ2v) is 7.64. The van der Waals surface area contributed by atoms with Gasteiger partial charge in [0.2, 0.25) is 5.91 Å². The number of para-hydroxylation sites is 1. The highest BCUT2D eigenvalue weighted by molar-refractivity contribution is 7.99. The number of carbonyl (C=O) groups excluding carboxylic acids is 2. The minimum Gasteiger partial charge on any atom is -0.351 e. The first-order valence-corrected chi connectivity index (χ1v) is 10.6. The lowest BCUT2D eigenvalue weighted by molar-refractivity contribution is -0.117. The highest BCUT2D eigenvalue weighted by atomic mass is 32.2. The van der Waals surface area contributed by atoms with Gasteiger partial charge in [0, 0.05) is 16.8 Å². The first kappa shape index (κ1) is 20.4. The second kappa shape index (κ2) is 9.32.